The van der Waals surface area contributed by atoms with Crippen molar-refractivity contribution in [1.29, 1.82) is 5.26 Å². The number of hydrogen-bond donors (Lipinski definition) is 3. The fourth-order valence-electron chi connectivity index (χ4n) is 2.51. The number of aryl methyl sites for hydroxylation is 2. The van der Waals surface area contributed by atoms with Crippen molar-refractivity contribution in [3.05, 3.63) is 59.0 Å². The first-order chi connectivity index (χ1) is 13.1. The summed E-state index contributed by atoms with van der Waals surface area (Å²) in [5, 5.41) is 22.5. The number of aromatic amines is 1. The molecule has 0 aliphatic rings. The molecule has 0 radical (unpaired) electrons. The van der Waals surface area contributed by atoms with E-state index in [1.54, 1.807) is 24.3 Å². The van der Waals surface area contributed by atoms with Gasteiger partial charge in [-0.25, -0.2) is 9.37 Å². The van der Waals surface area contributed by atoms with Gasteiger partial charge in [0.15, 0.2) is 17.4 Å². The molecule has 2 heterocycles. The Hall–Kier alpha value is -3.60. The predicted molar refractivity (Wildman–Crippen MR) is 101 cm³/mol. The Morgan fingerprint density at radius 1 is 1.22 bits per heavy atom. The topological polar surface area (TPSA) is 98.7 Å². The van der Waals surface area contributed by atoms with Gasteiger partial charge in [-0.1, -0.05) is 12.1 Å². The summed E-state index contributed by atoms with van der Waals surface area (Å²) >= 11 is 0. The Morgan fingerprint density at radius 2 is 2.04 bits per heavy atom. The van der Waals surface area contributed by atoms with Crippen molar-refractivity contribution < 1.29 is 9.13 Å². The third-order valence-corrected chi connectivity index (χ3v) is 3.78. The number of H-pyrrole nitrogens is 1. The number of benzene rings is 1. The van der Waals surface area contributed by atoms with E-state index in [-0.39, 0.29) is 12.4 Å². The number of aromatic nitrogens is 3. The minimum Gasteiger partial charge on any atom is -0.489 e. The summed E-state index contributed by atoms with van der Waals surface area (Å²) in [5.74, 6) is 1.41. The Labute approximate surface area is 156 Å². The van der Waals surface area contributed by atoms with Crippen molar-refractivity contribution in [3.8, 4) is 11.8 Å². The second-order valence-corrected chi connectivity index (χ2v) is 5.93. The minimum absolute atomic E-state index is 0.188. The molecule has 1 aromatic carbocycles. The summed E-state index contributed by atoms with van der Waals surface area (Å²) in [6.07, 6.45) is 0. The maximum Gasteiger partial charge on any atom is 0.165 e. The molecule has 3 N–H and O–H groups in total. The van der Waals surface area contributed by atoms with E-state index in [2.05, 4.69) is 31.9 Å². The standard InChI is InChI=1S/C19H19FN6O/c1-12-9-17(23-18-10-13(2)25-26-18)24-19(14(12)11-21)22-7-8-27-16-6-4-3-5-15(16)20/h3-6,9-10H,7-8H2,1-2H3,(H3,22,23,24,25,26). The molecule has 7 nitrogen and oxygen atoms in total. The highest BCUT2D eigenvalue weighted by Crippen LogP contribution is 2.23. The van der Waals surface area contributed by atoms with Crippen LogP contribution in [-0.2, 0) is 0 Å². The molecular formula is C19H19FN6O. The molecule has 138 valence electrons. The largest absolute Gasteiger partial charge is 0.489 e. The van der Waals surface area contributed by atoms with Crippen molar-refractivity contribution in [1.82, 2.24) is 15.2 Å². The number of nitriles is 1. The van der Waals surface area contributed by atoms with Crippen molar-refractivity contribution in [2.45, 2.75) is 13.8 Å². The van der Waals surface area contributed by atoms with Gasteiger partial charge in [0, 0.05) is 11.8 Å². The second kappa shape index (κ2) is 8.19. The van der Waals surface area contributed by atoms with Crippen LogP contribution in [0.15, 0.2) is 36.4 Å². The van der Waals surface area contributed by atoms with Gasteiger partial charge in [0.2, 0.25) is 0 Å². The van der Waals surface area contributed by atoms with Gasteiger partial charge in [-0.2, -0.15) is 10.4 Å². The maximum absolute atomic E-state index is 13.6. The lowest BCUT2D eigenvalue weighted by Gasteiger charge is -2.13. The van der Waals surface area contributed by atoms with Gasteiger partial charge < -0.3 is 15.4 Å². The minimum atomic E-state index is -0.412. The number of anilines is 3. The number of nitrogens with zero attached hydrogens (tertiary/aromatic N) is 3. The zero-order valence-corrected chi connectivity index (χ0v) is 15.0. The fraction of sp³-hybridized carbons (Fsp3) is 0.211. The molecule has 3 rings (SSSR count). The van der Waals surface area contributed by atoms with Gasteiger partial charge in [0.05, 0.1) is 12.1 Å². The fourth-order valence-corrected chi connectivity index (χ4v) is 2.51. The smallest absolute Gasteiger partial charge is 0.165 e. The van der Waals surface area contributed by atoms with Gasteiger partial charge >= 0.3 is 0 Å². The third-order valence-electron chi connectivity index (χ3n) is 3.78. The van der Waals surface area contributed by atoms with Crippen LogP contribution in [0.2, 0.25) is 0 Å². The van der Waals surface area contributed by atoms with Gasteiger partial charge in [0.1, 0.15) is 24.3 Å². The molecule has 0 saturated heterocycles. The van der Waals surface area contributed by atoms with Crippen LogP contribution in [0.4, 0.5) is 21.8 Å². The first-order valence-corrected chi connectivity index (χ1v) is 8.39. The Balaban J connectivity index is 1.68. The van der Waals surface area contributed by atoms with Gasteiger partial charge in [-0.15, -0.1) is 0 Å². The molecule has 0 aliphatic heterocycles. The average Bonchev–Trinajstić information content (AvgIpc) is 3.04. The molecule has 0 aliphatic carbocycles. The summed E-state index contributed by atoms with van der Waals surface area (Å²) in [5.41, 5.74) is 2.15. The van der Waals surface area contributed by atoms with Crippen LogP contribution in [0.1, 0.15) is 16.8 Å². The third kappa shape index (κ3) is 4.52. The van der Waals surface area contributed by atoms with Crippen molar-refractivity contribution >= 4 is 17.5 Å². The number of rotatable bonds is 7. The second-order valence-electron chi connectivity index (χ2n) is 5.93. The zero-order chi connectivity index (χ0) is 19.2. The lowest BCUT2D eigenvalue weighted by molar-refractivity contribution is 0.315. The molecule has 0 bridgehead atoms. The lowest BCUT2D eigenvalue weighted by atomic mass is 10.1. The molecular weight excluding hydrogens is 347 g/mol. The van der Waals surface area contributed by atoms with E-state index in [0.717, 1.165) is 11.3 Å². The number of pyridine rings is 1. The van der Waals surface area contributed by atoms with Crippen LogP contribution in [0.5, 0.6) is 5.75 Å². The number of nitrogens with one attached hydrogen (secondary N) is 3. The lowest BCUT2D eigenvalue weighted by Crippen LogP contribution is -2.14. The maximum atomic E-state index is 13.6. The van der Waals surface area contributed by atoms with Crippen LogP contribution in [0.3, 0.4) is 0 Å². The van der Waals surface area contributed by atoms with E-state index in [1.807, 2.05) is 19.9 Å². The number of halogens is 1. The highest BCUT2D eigenvalue weighted by Gasteiger charge is 2.11. The highest BCUT2D eigenvalue weighted by molar-refractivity contribution is 5.63. The van der Waals surface area contributed by atoms with Crippen molar-refractivity contribution in [3.63, 3.8) is 0 Å². The molecule has 3 aromatic rings. The molecule has 0 atom stereocenters. The van der Waals surface area contributed by atoms with Crippen LogP contribution in [-0.4, -0.2) is 28.3 Å². The quantitative estimate of drug-likeness (QED) is 0.552. The van der Waals surface area contributed by atoms with E-state index >= 15 is 0 Å². The molecule has 8 heteroatoms. The highest BCUT2D eigenvalue weighted by atomic mass is 19.1. The SMILES string of the molecule is Cc1cc(Nc2cc(C)c(C#N)c(NCCOc3ccccc3F)n2)n[nH]1. The van der Waals surface area contributed by atoms with Crippen LogP contribution in [0.25, 0.3) is 0 Å². The van der Waals surface area contributed by atoms with E-state index in [4.69, 9.17) is 4.74 Å². The van der Waals surface area contributed by atoms with Crippen molar-refractivity contribution in [2.24, 2.45) is 0 Å². The van der Waals surface area contributed by atoms with E-state index in [0.29, 0.717) is 29.6 Å². The molecule has 2 aromatic heterocycles. The number of para-hydroxylation sites is 1. The van der Waals surface area contributed by atoms with Crippen LogP contribution >= 0.6 is 0 Å². The monoisotopic (exact) mass is 366 g/mol. The Bertz CT molecular complexity index is 979. The number of ether oxygens (including phenoxy) is 1. The number of hydrogen-bond acceptors (Lipinski definition) is 6. The summed E-state index contributed by atoms with van der Waals surface area (Å²) in [7, 11) is 0. The normalized spacial score (nSPS) is 10.3. The summed E-state index contributed by atoms with van der Waals surface area (Å²) in [6.45, 7) is 4.32. The van der Waals surface area contributed by atoms with Crippen LogP contribution in [0, 0.1) is 31.0 Å². The van der Waals surface area contributed by atoms with E-state index in [1.165, 1.54) is 6.07 Å². The molecule has 0 spiro atoms. The van der Waals surface area contributed by atoms with E-state index < -0.39 is 5.82 Å². The van der Waals surface area contributed by atoms with Crippen molar-refractivity contribution in [2.75, 3.05) is 23.8 Å². The van der Waals surface area contributed by atoms with Gasteiger partial charge in [-0.3, -0.25) is 5.10 Å². The average molecular weight is 366 g/mol. The predicted octanol–water partition coefficient (Wildman–Crippen LogP) is 3.67. The Morgan fingerprint density at radius 3 is 2.74 bits per heavy atom. The van der Waals surface area contributed by atoms with E-state index in [9.17, 15) is 9.65 Å². The van der Waals surface area contributed by atoms with Gasteiger partial charge in [0.25, 0.3) is 0 Å². The first-order valence-electron chi connectivity index (χ1n) is 8.39. The summed E-state index contributed by atoms with van der Waals surface area (Å²) in [6, 6.07) is 12.0. The van der Waals surface area contributed by atoms with Gasteiger partial charge in [-0.05, 0) is 37.6 Å². The zero-order valence-electron chi connectivity index (χ0n) is 15.0. The molecule has 27 heavy (non-hydrogen) atoms. The first kappa shape index (κ1) is 18.2. The molecule has 0 unspecified atom stereocenters. The molecule has 0 amide bonds. The van der Waals surface area contributed by atoms with Crippen LogP contribution < -0.4 is 15.4 Å². The summed E-state index contributed by atoms with van der Waals surface area (Å²) < 4.78 is 19.0. The molecule has 0 fully saturated rings. The summed E-state index contributed by atoms with van der Waals surface area (Å²) in [4.78, 5) is 4.44. The Kier molecular flexibility index (Phi) is 5.52. The molecule has 0 saturated carbocycles.